The number of hydrogen-bond donors (Lipinski definition) is 0. The molecule has 2 aromatic heterocycles. The molecule has 3 aliphatic heterocycles. The second-order valence-corrected chi connectivity index (χ2v) is 11.3. The number of rotatable bonds is 6. The highest BCUT2D eigenvalue weighted by atomic mass is 19.1. The summed E-state index contributed by atoms with van der Waals surface area (Å²) in [7, 11) is 0. The van der Waals surface area contributed by atoms with Crippen molar-refractivity contribution < 1.29 is 27.8 Å². The van der Waals surface area contributed by atoms with Gasteiger partial charge in [-0.2, -0.15) is 5.10 Å². The summed E-state index contributed by atoms with van der Waals surface area (Å²) < 4.78 is 46.6. The number of halogens is 2. The predicted molar refractivity (Wildman–Crippen MR) is 150 cm³/mol. The quantitative estimate of drug-likeness (QED) is 0.388. The third kappa shape index (κ3) is 6.18. The van der Waals surface area contributed by atoms with Crippen molar-refractivity contribution in [3.8, 4) is 17.0 Å². The van der Waals surface area contributed by atoms with E-state index >= 15 is 0 Å². The van der Waals surface area contributed by atoms with E-state index in [1.54, 1.807) is 11.1 Å². The van der Waals surface area contributed by atoms with Gasteiger partial charge < -0.3 is 24.0 Å². The Morgan fingerprint density at radius 2 is 1.90 bits per heavy atom. The maximum atomic E-state index is 14.2. The third-order valence-corrected chi connectivity index (χ3v) is 7.84. The van der Waals surface area contributed by atoms with Crippen LogP contribution in [0.5, 0.6) is 5.75 Å². The van der Waals surface area contributed by atoms with Crippen LogP contribution in [0.2, 0.25) is 0 Å². The molecule has 0 saturated carbocycles. The molecule has 3 aliphatic rings. The van der Waals surface area contributed by atoms with Crippen LogP contribution in [-0.4, -0.2) is 69.2 Å². The van der Waals surface area contributed by atoms with Crippen molar-refractivity contribution in [3.63, 3.8) is 0 Å². The fraction of sp³-hybridized carbons (Fsp3) is 0.533. The van der Waals surface area contributed by atoms with E-state index in [1.807, 2.05) is 24.7 Å². The summed E-state index contributed by atoms with van der Waals surface area (Å²) in [5.74, 6) is -0.526. The number of ether oxygens (including phenoxy) is 3. The summed E-state index contributed by atoms with van der Waals surface area (Å²) in [6.45, 7) is 6.45. The first-order chi connectivity index (χ1) is 20.3. The van der Waals surface area contributed by atoms with Gasteiger partial charge in [0, 0.05) is 63.3 Å². The first-order valence-electron chi connectivity index (χ1n) is 14.7. The van der Waals surface area contributed by atoms with Gasteiger partial charge in [0.05, 0.1) is 30.2 Å². The molecule has 0 aliphatic carbocycles. The molecule has 0 bridgehead atoms. The number of piperidine rings is 1. The minimum absolute atomic E-state index is 0.0574. The van der Waals surface area contributed by atoms with Crippen LogP contribution < -0.4 is 9.64 Å². The van der Waals surface area contributed by atoms with Gasteiger partial charge in [0.25, 0.3) is 0 Å². The summed E-state index contributed by atoms with van der Waals surface area (Å²) in [4.78, 5) is 26.6. The second-order valence-electron chi connectivity index (χ2n) is 11.3. The molecular weight excluding hydrogens is 546 g/mol. The zero-order valence-corrected chi connectivity index (χ0v) is 24.0. The van der Waals surface area contributed by atoms with E-state index in [2.05, 4.69) is 10.00 Å². The molecule has 10 nitrogen and oxygen atoms in total. The van der Waals surface area contributed by atoms with Crippen LogP contribution in [0.3, 0.4) is 0 Å². The van der Waals surface area contributed by atoms with E-state index in [-0.39, 0.29) is 30.3 Å². The van der Waals surface area contributed by atoms with Gasteiger partial charge in [-0.25, -0.2) is 28.2 Å². The van der Waals surface area contributed by atoms with Crippen LogP contribution in [0.1, 0.15) is 63.6 Å². The Labute approximate surface area is 243 Å². The molecule has 0 radical (unpaired) electrons. The van der Waals surface area contributed by atoms with Crippen molar-refractivity contribution >= 4 is 11.9 Å². The number of aromatic nitrogens is 4. The molecule has 6 rings (SSSR count). The molecule has 1 atom stereocenters. The van der Waals surface area contributed by atoms with Crippen LogP contribution in [0.4, 0.5) is 19.4 Å². The highest BCUT2D eigenvalue weighted by molar-refractivity contribution is 5.73. The highest BCUT2D eigenvalue weighted by Crippen LogP contribution is 2.34. The lowest BCUT2D eigenvalue weighted by Crippen LogP contribution is -2.41. The topological polar surface area (TPSA) is 94.8 Å². The number of amides is 1. The maximum Gasteiger partial charge on any atom is 0.410 e. The molecule has 1 unspecified atom stereocenters. The molecule has 1 amide bonds. The number of carbonyl (C=O) groups is 1. The Morgan fingerprint density at radius 3 is 2.64 bits per heavy atom. The normalized spacial score (nSPS) is 19.6. The van der Waals surface area contributed by atoms with Gasteiger partial charge in [-0.15, -0.1) is 0 Å². The lowest BCUT2D eigenvalue weighted by Gasteiger charge is -2.35. The Balaban J connectivity index is 1.25. The van der Waals surface area contributed by atoms with Crippen molar-refractivity contribution in [3.05, 3.63) is 53.6 Å². The number of nitrogens with zero attached hydrogens (tertiary/aromatic N) is 6. The number of fused-ring (bicyclic) bond motifs is 1. The van der Waals surface area contributed by atoms with Crippen LogP contribution in [-0.2, 0) is 22.4 Å². The van der Waals surface area contributed by atoms with Gasteiger partial charge >= 0.3 is 6.09 Å². The fourth-order valence-electron chi connectivity index (χ4n) is 5.65. The molecule has 1 aromatic carbocycles. The van der Waals surface area contributed by atoms with E-state index < -0.39 is 11.6 Å². The van der Waals surface area contributed by atoms with E-state index in [1.165, 1.54) is 12.1 Å². The molecular formula is C30H36F2N6O4. The number of anilines is 1. The van der Waals surface area contributed by atoms with Crippen LogP contribution in [0.15, 0.2) is 30.6 Å². The smallest absolute Gasteiger partial charge is 0.410 e. The number of carbonyl (C=O) groups excluding carboxylic acids is 1. The lowest BCUT2D eigenvalue weighted by molar-refractivity contribution is -0.0394. The molecule has 5 heterocycles. The van der Waals surface area contributed by atoms with Crippen molar-refractivity contribution in [2.45, 2.75) is 77.4 Å². The van der Waals surface area contributed by atoms with Crippen molar-refractivity contribution in [1.29, 1.82) is 0 Å². The monoisotopic (exact) mass is 582 g/mol. The zero-order chi connectivity index (χ0) is 29.2. The van der Waals surface area contributed by atoms with Crippen LogP contribution in [0.25, 0.3) is 11.3 Å². The predicted octanol–water partition coefficient (Wildman–Crippen LogP) is 5.27. The second kappa shape index (κ2) is 12.2. The minimum Gasteiger partial charge on any atom is -0.487 e. The molecule has 3 aromatic rings. The molecule has 12 heteroatoms. The first-order valence-corrected chi connectivity index (χ1v) is 14.7. The summed E-state index contributed by atoms with van der Waals surface area (Å²) in [5, 5.41) is 4.60. The molecule has 0 N–H and O–H groups in total. The van der Waals surface area contributed by atoms with Crippen molar-refractivity contribution in [2.75, 3.05) is 31.1 Å². The SMILES string of the molecule is CC(C)OC(=O)N1CCc2nc(N3CCC(Oc4ccc(F)cc4F)CC3)c(-c3cnn(C4CCCCO4)c3)nc2C1. The van der Waals surface area contributed by atoms with Crippen LogP contribution >= 0.6 is 0 Å². The van der Waals surface area contributed by atoms with Gasteiger partial charge in [0.2, 0.25) is 0 Å². The Kier molecular flexibility index (Phi) is 8.23. The van der Waals surface area contributed by atoms with Gasteiger partial charge in [0.15, 0.2) is 17.4 Å². The third-order valence-electron chi connectivity index (χ3n) is 7.84. The van der Waals surface area contributed by atoms with Crippen molar-refractivity contribution in [2.24, 2.45) is 0 Å². The molecule has 42 heavy (non-hydrogen) atoms. The Morgan fingerprint density at radius 1 is 1.07 bits per heavy atom. The van der Waals surface area contributed by atoms with Gasteiger partial charge in [-0.3, -0.25) is 0 Å². The van der Waals surface area contributed by atoms with E-state index in [4.69, 9.17) is 24.2 Å². The lowest BCUT2D eigenvalue weighted by atomic mass is 10.1. The molecule has 2 fully saturated rings. The van der Waals surface area contributed by atoms with Crippen molar-refractivity contribution in [1.82, 2.24) is 24.6 Å². The summed E-state index contributed by atoms with van der Waals surface area (Å²) in [6, 6.07) is 3.37. The highest BCUT2D eigenvalue weighted by Gasteiger charge is 2.30. The van der Waals surface area contributed by atoms with E-state index in [0.717, 1.165) is 48.1 Å². The Hall–Kier alpha value is -3.80. The maximum absolute atomic E-state index is 14.2. The number of hydrogen-bond acceptors (Lipinski definition) is 8. The standard InChI is InChI=1S/C30H36F2N6O4/c1-19(2)41-30(39)37-13-10-24-25(18-37)34-28(20-16-33-38(17-20)27-5-3-4-14-40-27)29(35-24)36-11-8-22(9-12-36)42-26-7-6-21(31)15-23(26)32/h6-7,15-17,19,22,27H,3-5,8-14,18H2,1-2H3. The summed E-state index contributed by atoms with van der Waals surface area (Å²) >= 11 is 0. The fourth-order valence-corrected chi connectivity index (χ4v) is 5.65. The zero-order valence-electron chi connectivity index (χ0n) is 24.0. The number of benzene rings is 1. The van der Waals surface area contributed by atoms with E-state index in [0.29, 0.717) is 57.7 Å². The van der Waals surface area contributed by atoms with Gasteiger partial charge in [-0.1, -0.05) is 0 Å². The molecule has 0 spiro atoms. The average molecular weight is 583 g/mol. The summed E-state index contributed by atoms with van der Waals surface area (Å²) in [5.41, 5.74) is 3.12. The Bertz CT molecular complexity index is 1420. The minimum atomic E-state index is -0.703. The van der Waals surface area contributed by atoms with Gasteiger partial charge in [-0.05, 0) is 45.2 Å². The van der Waals surface area contributed by atoms with E-state index in [9.17, 15) is 13.6 Å². The largest absolute Gasteiger partial charge is 0.487 e. The first kappa shape index (κ1) is 28.3. The van der Waals surface area contributed by atoms with Crippen LogP contribution in [0, 0.1) is 11.6 Å². The molecule has 2 saturated heterocycles. The summed E-state index contributed by atoms with van der Waals surface area (Å²) in [6.07, 6.45) is 7.75. The van der Waals surface area contributed by atoms with Gasteiger partial charge in [0.1, 0.15) is 23.8 Å². The molecule has 224 valence electrons. The average Bonchev–Trinajstić information content (AvgIpc) is 3.48.